The van der Waals surface area contributed by atoms with E-state index in [1.165, 1.54) is 25.8 Å². The number of fused-ring (bicyclic) bond motifs is 2. The number of aliphatic hydroxyl groups excluding tert-OH is 1. The van der Waals surface area contributed by atoms with Gasteiger partial charge in [-0.25, -0.2) is 0 Å². The Morgan fingerprint density at radius 1 is 1.25 bits per heavy atom. The van der Waals surface area contributed by atoms with Crippen LogP contribution in [-0.4, -0.2) is 29.8 Å². The number of nitrogens with one attached hydrogen (secondary N) is 1. The van der Waals surface area contributed by atoms with Gasteiger partial charge in [-0.2, -0.15) is 0 Å². The van der Waals surface area contributed by atoms with Gasteiger partial charge in [0.25, 0.3) is 0 Å². The Balaban J connectivity index is 1.99. The predicted octanol–water partition coefficient (Wildman–Crippen LogP) is -0.0330. The number of aliphatic hydroxyl groups is 1. The Morgan fingerprint density at radius 2 is 1.83 bits per heavy atom. The van der Waals surface area contributed by atoms with Crippen LogP contribution in [0, 0.1) is 0 Å². The molecule has 2 rings (SSSR count). The molecule has 0 amide bonds. The maximum absolute atomic E-state index is 9.56. The van der Waals surface area contributed by atoms with E-state index in [1.54, 1.807) is 4.90 Å². The van der Waals surface area contributed by atoms with Gasteiger partial charge in [-0.3, -0.25) is 0 Å². The summed E-state index contributed by atoms with van der Waals surface area (Å²) >= 11 is 0. The highest BCUT2D eigenvalue weighted by molar-refractivity contribution is 4.81. The lowest BCUT2D eigenvalue weighted by Gasteiger charge is -2.33. The monoisotopic (exact) mass is 170 g/mol. The molecule has 12 heavy (non-hydrogen) atoms. The molecule has 0 saturated carbocycles. The van der Waals surface area contributed by atoms with Crippen molar-refractivity contribution in [3.63, 3.8) is 0 Å². The molecule has 2 N–H and O–H groups in total. The van der Waals surface area contributed by atoms with Crippen LogP contribution in [0.3, 0.4) is 0 Å². The minimum Gasteiger partial charge on any atom is -0.393 e. The smallest absolute Gasteiger partial charge is 0.0904 e. The molecule has 2 fully saturated rings. The first-order chi connectivity index (χ1) is 5.81. The number of rotatable bonds is 2. The van der Waals surface area contributed by atoms with Crippen molar-refractivity contribution in [3.05, 3.63) is 0 Å². The molecule has 70 valence electrons. The van der Waals surface area contributed by atoms with E-state index in [2.05, 4.69) is 6.92 Å². The molecule has 4 atom stereocenters. The molecule has 2 saturated heterocycles. The van der Waals surface area contributed by atoms with Crippen molar-refractivity contribution in [2.24, 2.45) is 0 Å². The summed E-state index contributed by atoms with van der Waals surface area (Å²) in [5.74, 6) is 0. The summed E-state index contributed by atoms with van der Waals surface area (Å²) in [6, 6.07) is 1.58. The molecule has 2 heterocycles. The Hall–Kier alpha value is -0.0800. The molecule has 0 radical (unpaired) electrons. The summed E-state index contributed by atoms with van der Waals surface area (Å²) in [6.45, 7) is 3.58. The lowest BCUT2D eigenvalue weighted by molar-refractivity contribution is -0.942. The summed E-state index contributed by atoms with van der Waals surface area (Å²) in [7, 11) is 0. The van der Waals surface area contributed by atoms with Gasteiger partial charge in [0.05, 0.1) is 24.7 Å². The molecular formula is C10H20NO+. The van der Waals surface area contributed by atoms with E-state index in [0.717, 1.165) is 24.9 Å². The van der Waals surface area contributed by atoms with E-state index in [4.69, 9.17) is 0 Å². The molecule has 2 unspecified atom stereocenters. The first-order valence-corrected chi connectivity index (χ1v) is 5.35. The van der Waals surface area contributed by atoms with Crippen LogP contribution in [-0.2, 0) is 0 Å². The number of hydrogen-bond donors (Lipinski definition) is 2. The maximum Gasteiger partial charge on any atom is 0.0904 e. The Labute approximate surface area is 74.6 Å². The summed E-state index contributed by atoms with van der Waals surface area (Å²) in [5.41, 5.74) is 0. The van der Waals surface area contributed by atoms with Crippen LogP contribution < -0.4 is 4.90 Å². The molecular weight excluding hydrogens is 150 g/mol. The summed E-state index contributed by atoms with van der Waals surface area (Å²) in [4.78, 5) is 1.79. The SMILES string of the molecule is CCC[NH+]1[C@@H]2CC[C@H]1CC(O)C2. The molecule has 2 aliphatic heterocycles. The summed E-state index contributed by atoms with van der Waals surface area (Å²) < 4.78 is 0. The van der Waals surface area contributed by atoms with Gasteiger partial charge in [-0.15, -0.1) is 0 Å². The van der Waals surface area contributed by atoms with E-state index < -0.39 is 0 Å². The minimum absolute atomic E-state index is 0.0168. The molecule has 0 aliphatic carbocycles. The van der Waals surface area contributed by atoms with Crippen LogP contribution >= 0.6 is 0 Å². The van der Waals surface area contributed by atoms with Crippen molar-refractivity contribution >= 4 is 0 Å². The van der Waals surface area contributed by atoms with Crippen LogP contribution in [0.2, 0.25) is 0 Å². The molecule has 2 heteroatoms. The Bertz CT molecular complexity index is 146. The largest absolute Gasteiger partial charge is 0.393 e. The number of hydrogen-bond acceptors (Lipinski definition) is 1. The predicted molar refractivity (Wildman–Crippen MR) is 48.2 cm³/mol. The maximum atomic E-state index is 9.56. The van der Waals surface area contributed by atoms with Crippen LogP contribution in [0.25, 0.3) is 0 Å². The highest BCUT2D eigenvalue weighted by atomic mass is 16.3. The highest BCUT2D eigenvalue weighted by Crippen LogP contribution is 2.22. The van der Waals surface area contributed by atoms with Crippen molar-refractivity contribution in [3.8, 4) is 0 Å². The molecule has 0 aromatic heterocycles. The lowest BCUT2D eigenvalue weighted by Crippen LogP contribution is -3.18. The van der Waals surface area contributed by atoms with Crippen molar-refractivity contribution in [1.82, 2.24) is 0 Å². The molecule has 0 aromatic rings. The fourth-order valence-corrected chi connectivity index (χ4v) is 3.09. The number of quaternary nitrogens is 1. The molecule has 0 spiro atoms. The van der Waals surface area contributed by atoms with Gasteiger partial charge < -0.3 is 10.0 Å². The highest BCUT2D eigenvalue weighted by Gasteiger charge is 2.43. The second-order valence-corrected chi connectivity index (χ2v) is 4.42. The lowest BCUT2D eigenvalue weighted by atomic mass is 10.00. The van der Waals surface area contributed by atoms with Gasteiger partial charge in [0, 0.05) is 25.7 Å². The van der Waals surface area contributed by atoms with Crippen molar-refractivity contribution in [2.45, 2.75) is 57.2 Å². The molecule has 0 aromatic carbocycles. The Kier molecular flexibility index (Phi) is 2.37. The fraction of sp³-hybridized carbons (Fsp3) is 1.00. The van der Waals surface area contributed by atoms with Crippen LogP contribution in [0.5, 0.6) is 0 Å². The van der Waals surface area contributed by atoms with Gasteiger partial charge in [0.15, 0.2) is 0 Å². The standard InChI is InChI=1S/C10H19NO/c1-2-5-11-8-3-4-9(11)7-10(12)6-8/h8-10,12H,2-7H2,1H3/p+1/t8-,9+,10?. The normalized spacial score (nSPS) is 46.5. The van der Waals surface area contributed by atoms with Gasteiger partial charge in [-0.05, 0) is 6.42 Å². The molecule has 2 aliphatic rings. The zero-order valence-electron chi connectivity index (χ0n) is 7.92. The first kappa shape index (κ1) is 8.52. The average molecular weight is 170 g/mol. The zero-order valence-corrected chi connectivity index (χ0v) is 7.92. The van der Waals surface area contributed by atoms with Gasteiger partial charge in [0.1, 0.15) is 0 Å². The van der Waals surface area contributed by atoms with E-state index in [0.29, 0.717) is 0 Å². The van der Waals surface area contributed by atoms with Gasteiger partial charge in [-0.1, -0.05) is 6.92 Å². The van der Waals surface area contributed by atoms with Crippen molar-refractivity contribution in [1.29, 1.82) is 0 Å². The minimum atomic E-state index is 0.0168. The molecule has 2 nitrogen and oxygen atoms in total. The van der Waals surface area contributed by atoms with E-state index in [1.807, 2.05) is 0 Å². The average Bonchev–Trinajstić information content (AvgIpc) is 2.32. The van der Waals surface area contributed by atoms with Crippen molar-refractivity contribution in [2.75, 3.05) is 6.54 Å². The van der Waals surface area contributed by atoms with E-state index in [-0.39, 0.29) is 6.10 Å². The van der Waals surface area contributed by atoms with Crippen LogP contribution in [0.15, 0.2) is 0 Å². The second-order valence-electron chi connectivity index (χ2n) is 4.42. The quantitative estimate of drug-likeness (QED) is 0.597. The fourth-order valence-electron chi connectivity index (χ4n) is 3.09. The third-order valence-electron chi connectivity index (χ3n) is 3.56. The van der Waals surface area contributed by atoms with Crippen LogP contribution in [0.1, 0.15) is 39.0 Å². The van der Waals surface area contributed by atoms with Gasteiger partial charge in [0.2, 0.25) is 0 Å². The van der Waals surface area contributed by atoms with E-state index in [9.17, 15) is 5.11 Å². The van der Waals surface area contributed by atoms with Gasteiger partial charge >= 0.3 is 0 Å². The first-order valence-electron chi connectivity index (χ1n) is 5.35. The van der Waals surface area contributed by atoms with Crippen LogP contribution in [0.4, 0.5) is 0 Å². The molecule has 2 bridgehead atoms. The summed E-state index contributed by atoms with van der Waals surface area (Å²) in [5, 5.41) is 9.56. The third kappa shape index (κ3) is 1.38. The zero-order chi connectivity index (χ0) is 8.55. The topological polar surface area (TPSA) is 24.7 Å². The summed E-state index contributed by atoms with van der Waals surface area (Å²) in [6.07, 6.45) is 6.15. The number of piperidine rings is 1. The second kappa shape index (κ2) is 3.35. The van der Waals surface area contributed by atoms with Crippen molar-refractivity contribution < 1.29 is 10.0 Å². The third-order valence-corrected chi connectivity index (χ3v) is 3.56. The Morgan fingerprint density at radius 3 is 2.33 bits per heavy atom. The van der Waals surface area contributed by atoms with E-state index >= 15 is 0 Å².